The number of likely N-dealkylation sites (tertiary alicyclic amines) is 2. The summed E-state index contributed by atoms with van der Waals surface area (Å²) >= 11 is 0. The molecular formula is C24H29N3O3. The van der Waals surface area contributed by atoms with Crippen LogP contribution in [0, 0.1) is 12.8 Å². The summed E-state index contributed by atoms with van der Waals surface area (Å²) in [6.07, 6.45) is 3.78. The van der Waals surface area contributed by atoms with Crippen LogP contribution in [0.5, 0.6) is 11.5 Å². The van der Waals surface area contributed by atoms with Crippen molar-refractivity contribution >= 4 is 17.6 Å². The number of aryl methyl sites for hydroxylation is 1. The lowest BCUT2D eigenvalue weighted by atomic mass is 9.97. The fourth-order valence-electron chi connectivity index (χ4n) is 4.17. The third-order valence-electron chi connectivity index (χ3n) is 5.80. The van der Waals surface area contributed by atoms with Crippen molar-refractivity contribution in [2.75, 3.05) is 31.5 Å². The van der Waals surface area contributed by atoms with Gasteiger partial charge in [-0.1, -0.05) is 24.3 Å². The van der Waals surface area contributed by atoms with Gasteiger partial charge < -0.3 is 19.9 Å². The van der Waals surface area contributed by atoms with E-state index < -0.39 is 0 Å². The van der Waals surface area contributed by atoms with Crippen molar-refractivity contribution in [3.05, 3.63) is 54.1 Å². The number of hydrogen-bond acceptors (Lipinski definition) is 3. The van der Waals surface area contributed by atoms with Gasteiger partial charge in [-0.2, -0.15) is 0 Å². The molecule has 0 aliphatic carbocycles. The smallest absolute Gasteiger partial charge is 0.320 e. The highest BCUT2D eigenvalue weighted by atomic mass is 16.5. The monoisotopic (exact) mass is 407 g/mol. The van der Waals surface area contributed by atoms with Crippen molar-refractivity contribution in [2.24, 2.45) is 5.92 Å². The largest absolute Gasteiger partial charge is 0.455 e. The van der Waals surface area contributed by atoms with Crippen LogP contribution in [-0.2, 0) is 4.79 Å². The highest BCUT2D eigenvalue weighted by Crippen LogP contribution is 2.30. The van der Waals surface area contributed by atoms with Crippen molar-refractivity contribution in [2.45, 2.75) is 32.6 Å². The van der Waals surface area contributed by atoms with E-state index in [4.69, 9.17) is 4.74 Å². The molecule has 2 heterocycles. The molecule has 6 nitrogen and oxygen atoms in total. The maximum atomic E-state index is 13.0. The molecule has 30 heavy (non-hydrogen) atoms. The molecule has 1 N–H and O–H groups in total. The topological polar surface area (TPSA) is 61.9 Å². The molecule has 0 bridgehead atoms. The Bertz CT molecular complexity index is 908. The lowest BCUT2D eigenvalue weighted by molar-refractivity contribution is -0.121. The number of anilines is 1. The first-order valence-electron chi connectivity index (χ1n) is 10.8. The van der Waals surface area contributed by atoms with E-state index in [9.17, 15) is 9.59 Å². The van der Waals surface area contributed by atoms with Gasteiger partial charge in [-0.25, -0.2) is 4.79 Å². The maximum absolute atomic E-state index is 13.0. The first-order valence-corrected chi connectivity index (χ1v) is 10.8. The summed E-state index contributed by atoms with van der Waals surface area (Å²) in [6, 6.07) is 15.4. The van der Waals surface area contributed by atoms with Crippen LogP contribution in [0.25, 0.3) is 0 Å². The number of amides is 3. The number of carbonyl (C=O) groups excluding carboxylic acids is 2. The first kappa shape index (κ1) is 20.3. The molecule has 1 atom stereocenters. The average Bonchev–Trinajstić information content (AvgIpc) is 3.30. The molecule has 0 aromatic heterocycles. The second kappa shape index (κ2) is 9.20. The predicted octanol–water partition coefficient (Wildman–Crippen LogP) is 4.65. The van der Waals surface area contributed by atoms with Crippen molar-refractivity contribution in [3.63, 3.8) is 0 Å². The van der Waals surface area contributed by atoms with E-state index in [0.717, 1.165) is 56.6 Å². The van der Waals surface area contributed by atoms with E-state index in [1.807, 2.05) is 65.3 Å². The van der Waals surface area contributed by atoms with Gasteiger partial charge in [0.2, 0.25) is 5.91 Å². The van der Waals surface area contributed by atoms with Gasteiger partial charge in [0.1, 0.15) is 5.75 Å². The number of para-hydroxylation sites is 2. The third-order valence-corrected chi connectivity index (χ3v) is 5.80. The van der Waals surface area contributed by atoms with Crippen LogP contribution in [0.2, 0.25) is 0 Å². The highest BCUT2D eigenvalue weighted by Gasteiger charge is 2.31. The summed E-state index contributed by atoms with van der Waals surface area (Å²) < 4.78 is 6.02. The SMILES string of the molecule is Cc1cccc(Oc2ccccc2NC(=O)C2CCCN(C(=O)N3CCCC3)C2)c1. The zero-order valence-electron chi connectivity index (χ0n) is 17.5. The summed E-state index contributed by atoms with van der Waals surface area (Å²) in [6.45, 7) is 4.87. The Morgan fingerprint density at radius 2 is 1.73 bits per heavy atom. The van der Waals surface area contributed by atoms with Crippen LogP contribution in [0.1, 0.15) is 31.2 Å². The Hall–Kier alpha value is -3.02. The molecule has 6 heteroatoms. The highest BCUT2D eigenvalue weighted by molar-refractivity contribution is 5.94. The van der Waals surface area contributed by atoms with E-state index in [2.05, 4.69) is 5.32 Å². The molecule has 2 aliphatic rings. The molecule has 1 unspecified atom stereocenters. The summed E-state index contributed by atoms with van der Waals surface area (Å²) in [5.74, 6) is 1.07. The van der Waals surface area contributed by atoms with Gasteiger partial charge >= 0.3 is 6.03 Å². The molecule has 3 amide bonds. The van der Waals surface area contributed by atoms with Gasteiger partial charge in [-0.3, -0.25) is 4.79 Å². The minimum atomic E-state index is -0.211. The summed E-state index contributed by atoms with van der Waals surface area (Å²) in [5, 5.41) is 3.03. The van der Waals surface area contributed by atoms with E-state index in [0.29, 0.717) is 18.0 Å². The fourth-order valence-corrected chi connectivity index (χ4v) is 4.17. The van der Waals surface area contributed by atoms with Crippen LogP contribution < -0.4 is 10.1 Å². The molecule has 2 aromatic carbocycles. The number of ether oxygens (including phenoxy) is 1. The van der Waals surface area contributed by atoms with Crippen LogP contribution in [0.15, 0.2) is 48.5 Å². The zero-order chi connectivity index (χ0) is 20.9. The number of nitrogens with zero attached hydrogens (tertiary/aromatic N) is 2. The van der Waals surface area contributed by atoms with Crippen molar-refractivity contribution < 1.29 is 14.3 Å². The van der Waals surface area contributed by atoms with E-state index in [1.54, 1.807) is 0 Å². The Morgan fingerprint density at radius 1 is 0.967 bits per heavy atom. The molecule has 2 fully saturated rings. The van der Waals surface area contributed by atoms with E-state index >= 15 is 0 Å². The summed E-state index contributed by atoms with van der Waals surface area (Å²) in [7, 11) is 0. The molecule has 158 valence electrons. The quantitative estimate of drug-likeness (QED) is 0.802. The normalized spacial score (nSPS) is 18.9. The number of carbonyl (C=O) groups is 2. The molecular weight excluding hydrogens is 378 g/mol. The van der Waals surface area contributed by atoms with Crippen LogP contribution in [0.3, 0.4) is 0 Å². The second-order valence-corrected chi connectivity index (χ2v) is 8.17. The van der Waals surface area contributed by atoms with Crippen molar-refractivity contribution in [1.29, 1.82) is 0 Å². The molecule has 4 rings (SSSR count). The van der Waals surface area contributed by atoms with Crippen LogP contribution in [0.4, 0.5) is 10.5 Å². The van der Waals surface area contributed by atoms with E-state index in [-0.39, 0.29) is 17.9 Å². The number of benzene rings is 2. The number of hydrogen-bond donors (Lipinski definition) is 1. The van der Waals surface area contributed by atoms with Crippen molar-refractivity contribution in [1.82, 2.24) is 9.80 Å². The number of nitrogens with one attached hydrogen (secondary N) is 1. The maximum Gasteiger partial charge on any atom is 0.320 e. The summed E-state index contributed by atoms with van der Waals surface area (Å²) in [5.41, 5.74) is 1.76. The summed E-state index contributed by atoms with van der Waals surface area (Å²) in [4.78, 5) is 29.5. The van der Waals surface area contributed by atoms with E-state index in [1.165, 1.54) is 0 Å². The molecule has 2 aliphatic heterocycles. The lowest BCUT2D eigenvalue weighted by Gasteiger charge is -2.34. The van der Waals surface area contributed by atoms with Crippen molar-refractivity contribution in [3.8, 4) is 11.5 Å². The van der Waals surface area contributed by atoms with Gasteiger partial charge in [-0.15, -0.1) is 0 Å². The number of urea groups is 1. The lowest BCUT2D eigenvalue weighted by Crippen LogP contribution is -2.48. The average molecular weight is 408 g/mol. The molecule has 2 aromatic rings. The number of piperidine rings is 1. The Balaban J connectivity index is 1.41. The second-order valence-electron chi connectivity index (χ2n) is 8.17. The Kier molecular flexibility index (Phi) is 6.21. The van der Waals surface area contributed by atoms with Gasteiger partial charge in [0.05, 0.1) is 11.6 Å². The zero-order valence-corrected chi connectivity index (χ0v) is 17.5. The third kappa shape index (κ3) is 4.75. The minimum Gasteiger partial charge on any atom is -0.455 e. The standard InChI is InChI=1S/C24H29N3O3/c1-18-8-6-10-20(16-18)30-22-12-3-2-11-21(22)25-23(28)19-9-7-15-27(17-19)24(29)26-13-4-5-14-26/h2-3,6,8,10-12,16,19H,4-5,7,9,13-15,17H2,1H3,(H,25,28). The van der Waals surface area contributed by atoms with Gasteiger partial charge in [0.25, 0.3) is 0 Å². The van der Waals surface area contributed by atoms with Gasteiger partial charge in [0.15, 0.2) is 5.75 Å². The fraction of sp³-hybridized carbons (Fsp3) is 0.417. The van der Waals surface area contributed by atoms with Crippen LogP contribution >= 0.6 is 0 Å². The minimum absolute atomic E-state index is 0.0609. The predicted molar refractivity (Wildman–Crippen MR) is 117 cm³/mol. The molecule has 0 spiro atoms. The van der Waals surface area contributed by atoms with Gasteiger partial charge in [-0.05, 0) is 62.4 Å². The molecule has 0 radical (unpaired) electrons. The Labute approximate surface area is 177 Å². The van der Waals surface area contributed by atoms with Crippen LogP contribution in [-0.4, -0.2) is 47.9 Å². The Morgan fingerprint density at radius 3 is 2.53 bits per heavy atom. The number of rotatable bonds is 4. The molecule has 0 saturated carbocycles. The first-order chi connectivity index (χ1) is 14.6. The van der Waals surface area contributed by atoms with Gasteiger partial charge in [0, 0.05) is 26.2 Å². The molecule has 2 saturated heterocycles.